The highest BCUT2D eigenvalue weighted by molar-refractivity contribution is 7.97. The summed E-state index contributed by atoms with van der Waals surface area (Å²) in [5.74, 6) is 0. The fourth-order valence-corrected chi connectivity index (χ4v) is 0.454. The predicted octanol–water partition coefficient (Wildman–Crippen LogP) is 2.70. The maximum Gasteiger partial charge on any atom is 0.191 e. The topological polar surface area (TPSA) is 34.1 Å². The molecule has 0 fully saturated rings. The molecule has 0 atom stereocenters. The van der Waals surface area contributed by atoms with Crippen LogP contribution < -0.4 is 0 Å². The molecule has 0 saturated carbocycles. The molecule has 0 N–H and O–H groups in total. The van der Waals surface area contributed by atoms with Crippen molar-refractivity contribution < 1.29 is 8.42 Å². The Morgan fingerprint density at radius 1 is 1.25 bits per heavy atom. The Morgan fingerprint density at radius 2 is 1.67 bits per heavy atom. The molecular formula is C9H17O2S. The van der Waals surface area contributed by atoms with Crippen LogP contribution in [0.2, 0.25) is 0 Å². The van der Waals surface area contributed by atoms with Crippen molar-refractivity contribution in [3.8, 4) is 0 Å². The second-order valence-electron chi connectivity index (χ2n) is 2.13. The van der Waals surface area contributed by atoms with Gasteiger partial charge in [-0.25, -0.2) is 8.42 Å². The fourth-order valence-electron chi connectivity index (χ4n) is 0.318. The highest BCUT2D eigenvalue weighted by Gasteiger charge is 1.90. The average molecular weight is 189 g/mol. The van der Waals surface area contributed by atoms with Crippen LogP contribution in [0.15, 0.2) is 24.0 Å². The number of rotatable bonds is 4. The first-order valence-corrected chi connectivity index (χ1v) is 5.44. The molecule has 0 aliphatic rings. The standard InChI is InChI=1S/C5H11.C4H6O2S/c1-3-5-4-2;1-3-7(5,6)4-2/h1,3-5H2,2H3;3-4H,1-2H2. The van der Waals surface area contributed by atoms with Crippen molar-refractivity contribution in [2.75, 3.05) is 0 Å². The van der Waals surface area contributed by atoms with Gasteiger partial charge in [-0.2, -0.15) is 0 Å². The molecule has 0 aliphatic heterocycles. The summed E-state index contributed by atoms with van der Waals surface area (Å²) in [7, 11) is -3.13. The molecule has 0 unspecified atom stereocenters. The normalized spacial score (nSPS) is 9.50. The summed E-state index contributed by atoms with van der Waals surface area (Å²) < 4.78 is 20.3. The van der Waals surface area contributed by atoms with Gasteiger partial charge in [-0.05, 0) is 0 Å². The minimum absolute atomic E-state index is 0.847. The third-order valence-corrected chi connectivity index (χ3v) is 2.00. The van der Waals surface area contributed by atoms with Crippen molar-refractivity contribution in [1.29, 1.82) is 0 Å². The largest absolute Gasteiger partial charge is 0.220 e. The van der Waals surface area contributed by atoms with Gasteiger partial charge in [-0.1, -0.05) is 46.3 Å². The Balaban J connectivity index is 0. The fraction of sp³-hybridized carbons (Fsp3) is 0.444. The quantitative estimate of drug-likeness (QED) is 0.681. The van der Waals surface area contributed by atoms with Gasteiger partial charge in [-0.3, -0.25) is 0 Å². The Labute approximate surface area is 75.9 Å². The van der Waals surface area contributed by atoms with Crippen molar-refractivity contribution in [1.82, 2.24) is 0 Å². The Morgan fingerprint density at radius 3 is 1.67 bits per heavy atom. The molecule has 71 valence electrons. The van der Waals surface area contributed by atoms with Crippen LogP contribution in [-0.4, -0.2) is 8.42 Å². The lowest BCUT2D eigenvalue weighted by Crippen LogP contribution is -1.83. The maximum atomic E-state index is 10.1. The van der Waals surface area contributed by atoms with Crippen LogP contribution in [0.4, 0.5) is 0 Å². The smallest absolute Gasteiger partial charge is 0.191 e. The van der Waals surface area contributed by atoms with Gasteiger partial charge in [0.2, 0.25) is 0 Å². The molecule has 0 amide bonds. The maximum absolute atomic E-state index is 10.1. The van der Waals surface area contributed by atoms with Crippen molar-refractivity contribution in [3.63, 3.8) is 0 Å². The first-order chi connectivity index (χ1) is 5.54. The summed E-state index contributed by atoms with van der Waals surface area (Å²) in [6.45, 7) is 11.9. The van der Waals surface area contributed by atoms with E-state index in [4.69, 9.17) is 0 Å². The minimum atomic E-state index is -3.13. The highest BCUT2D eigenvalue weighted by atomic mass is 32.2. The van der Waals surface area contributed by atoms with Crippen LogP contribution in [0, 0.1) is 6.92 Å². The number of unbranched alkanes of at least 4 members (excludes halogenated alkanes) is 2. The summed E-state index contributed by atoms with van der Waals surface area (Å²) in [6, 6.07) is 0. The van der Waals surface area contributed by atoms with Crippen LogP contribution in [0.25, 0.3) is 0 Å². The van der Waals surface area contributed by atoms with E-state index in [2.05, 4.69) is 27.0 Å². The third kappa shape index (κ3) is 12.1. The first kappa shape index (κ1) is 14.0. The van der Waals surface area contributed by atoms with Gasteiger partial charge < -0.3 is 0 Å². The van der Waals surface area contributed by atoms with Gasteiger partial charge in [0.05, 0.1) is 0 Å². The van der Waals surface area contributed by atoms with Crippen LogP contribution in [0.1, 0.15) is 26.2 Å². The Bertz CT molecular complexity index is 187. The molecule has 0 aliphatic carbocycles. The van der Waals surface area contributed by atoms with E-state index in [0.29, 0.717) is 0 Å². The molecule has 0 aromatic rings. The summed E-state index contributed by atoms with van der Waals surface area (Å²) in [4.78, 5) is 0. The van der Waals surface area contributed by atoms with E-state index < -0.39 is 9.84 Å². The van der Waals surface area contributed by atoms with Gasteiger partial charge >= 0.3 is 0 Å². The molecule has 0 rings (SSSR count). The first-order valence-electron chi connectivity index (χ1n) is 3.83. The molecule has 12 heavy (non-hydrogen) atoms. The number of hydrogen-bond acceptors (Lipinski definition) is 2. The van der Waals surface area contributed by atoms with Crippen LogP contribution >= 0.6 is 0 Å². The number of sulfone groups is 1. The predicted molar refractivity (Wildman–Crippen MR) is 54.2 cm³/mol. The van der Waals surface area contributed by atoms with Gasteiger partial charge in [0, 0.05) is 10.8 Å². The van der Waals surface area contributed by atoms with E-state index in [-0.39, 0.29) is 0 Å². The van der Waals surface area contributed by atoms with E-state index in [9.17, 15) is 8.42 Å². The monoisotopic (exact) mass is 189 g/mol. The third-order valence-electron chi connectivity index (χ3n) is 1.07. The lowest BCUT2D eigenvalue weighted by molar-refractivity contribution is 0.613. The molecule has 0 aromatic heterocycles. The average Bonchev–Trinajstić information content (AvgIpc) is 2.07. The summed E-state index contributed by atoms with van der Waals surface area (Å²) in [6.07, 6.45) is 3.65. The summed E-state index contributed by atoms with van der Waals surface area (Å²) in [5.41, 5.74) is 0. The zero-order valence-electron chi connectivity index (χ0n) is 7.62. The molecular weight excluding hydrogens is 172 g/mol. The summed E-state index contributed by atoms with van der Waals surface area (Å²) >= 11 is 0. The second-order valence-corrected chi connectivity index (χ2v) is 3.97. The van der Waals surface area contributed by atoms with Crippen molar-refractivity contribution >= 4 is 9.84 Å². The Kier molecular flexibility index (Phi) is 9.93. The Hall–Kier alpha value is -0.570. The summed E-state index contributed by atoms with van der Waals surface area (Å²) in [5, 5.41) is 1.69. The molecule has 0 spiro atoms. The van der Waals surface area contributed by atoms with E-state index in [1.54, 1.807) is 0 Å². The van der Waals surface area contributed by atoms with Crippen molar-refractivity contribution in [2.24, 2.45) is 0 Å². The van der Waals surface area contributed by atoms with E-state index in [0.717, 1.165) is 17.2 Å². The van der Waals surface area contributed by atoms with E-state index in [1.807, 2.05) is 0 Å². The molecule has 0 bridgehead atoms. The van der Waals surface area contributed by atoms with Crippen LogP contribution in [0.3, 0.4) is 0 Å². The van der Waals surface area contributed by atoms with E-state index >= 15 is 0 Å². The van der Waals surface area contributed by atoms with Crippen LogP contribution in [0.5, 0.6) is 0 Å². The van der Waals surface area contributed by atoms with Crippen molar-refractivity contribution in [3.05, 3.63) is 30.9 Å². The second kappa shape index (κ2) is 8.53. The highest BCUT2D eigenvalue weighted by Crippen LogP contribution is 1.88. The lowest BCUT2D eigenvalue weighted by atomic mass is 10.3. The molecule has 2 nitrogen and oxygen atoms in total. The van der Waals surface area contributed by atoms with E-state index in [1.165, 1.54) is 12.8 Å². The van der Waals surface area contributed by atoms with Gasteiger partial charge in [-0.15, -0.1) is 0 Å². The lowest BCUT2D eigenvalue weighted by Gasteiger charge is -1.79. The van der Waals surface area contributed by atoms with Crippen molar-refractivity contribution in [2.45, 2.75) is 26.2 Å². The minimum Gasteiger partial charge on any atom is -0.220 e. The molecule has 0 saturated heterocycles. The molecule has 1 radical (unpaired) electrons. The molecule has 0 aromatic carbocycles. The zero-order valence-corrected chi connectivity index (χ0v) is 8.44. The SMILES string of the molecule is C=CS(=O)(=O)C=C.[CH2]CCCC. The van der Waals surface area contributed by atoms with Gasteiger partial charge in [0.1, 0.15) is 0 Å². The molecule has 0 heterocycles. The van der Waals surface area contributed by atoms with Gasteiger partial charge in [0.15, 0.2) is 9.84 Å². The number of hydrogen-bond donors (Lipinski definition) is 0. The van der Waals surface area contributed by atoms with Crippen LogP contribution in [-0.2, 0) is 9.84 Å². The van der Waals surface area contributed by atoms with Gasteiger partial charge in [0.25, 0.3) is 0 Å². The zero-order chi connectivity index (χ0) is 10.0. The molecule has 3 heteroatoms.